The fraction of sp³-hybridized carbons (Fsp3) is 0.600. The Balaban J connectivity index is 2.39. The van der Waals surface area contributed by atoms with Crippen LogP contribution in [0.5, 0.6) is 0 Å². The van der Waals surface area contributed by atoms with Crippen molar-refractivity contribution in [2.24, 2.45) is 0 Å². The van der Waals surface area contributed by atoms with E-state index in [9.17, 15) is 18.3 Å². The number of carboxylic acid groups (broad SMARTS) is 1. The maximum absolute atomic E-state index is 12.5. The predicted molar refractivity (Wildman–Crippen MR) is 70.2 cm³/mol. The molecule has 2 rings (SSSR count). The Kier molecular flexibility index (Phi) is 4.16. The van der Waals surface area contributed by atoms with Crippen LogP contribution in [0.2, 0.25) is 0 Å². The zero-order valence-corrected chi connectivity index (χ0v) is 11.9. The number of aromatic nitrogens is 2. The molecular formula is C10H15N3O4S2. The van der Waals surface area contributed by atoms with Gasteiger partial charge in [0.25, 0.3) is 0 Å². The number of hydrogen-bond acceptors (Lipinski definition) is 5. The van der Waals surface area contributed by atoms with Gasteiger partial charge in [-0.3, -0.25) is 9.89 Å². The number of H-pyrrole nitrogens is 1. The first kappa shape index (κ1) is 14.4. The van der Waals surface area contributed by atoms with Crippen molar-refractivity contribution in [2.45, 2.75) is 36.1 Å². The smallest absolute Gasteiger partial charge is 0.322 e. The van der Waals surface area contributed by atoms with E-state index < -0.39 is 22.0 Å². The number of nitrogens with zero attached hydrogens (tertiary/aromatic N) is 2. The summed E-state index contributed by atoms with van der Waals surface area (Å²) in [5.41, 5.74) is 0. The molecule has 2 unspecified atom stereocenters. The maximum atomic E-state index is 12.5. The Hall–Kier alpha value is -1.06. The van der Waals surface area contributed by atoms with Crippen LogP contribution in [0.25, 0.3) is 0 Å². The van der Waals surface area contributed by atoms with E-state index in [0.29, 0.717) is 6.42 Å². The van der Waals surface area contributed by atoms with Crippen molar-refractivity contribution in [3.63, 3.8) is 0 Å². The molecule has 0 aromatic carbocycles. The van der Waals surface area contributed by atoms with E-state index in [1.165, 1.54) is 24.2 Å². The third kappa shape index (κ3) is 2.63. The molecule has 1 aliphatic heterocycles. The maximum Gasteiger partial charge on any atom is 0.322 e. The van der Waals surface area contributed by atoms with Crippen molar-refractivity contribution in [1.82, 2.24) is 14.5 Å². The van der Waals surface area contributed by atoms with Gasteiger partial charge in [-0.15, -0.1) is 11.8 Å². The summed E-state index contributed by atoms with van der Waals surface area (Å²) in [6.07, 6.45) is 3.88. The molecule has 2 heterocycles. The van der Waals surface area contributed by atoms with Gasteiger partial charge in [-0.25, -0.2) is 8.42 Å². The molecule has 0 amide bonds. The second-order valence-electron chi connectivity index (χ2n) is 4.20. The van der Waals surface area contributed by atoms with Gasteiger partial charge in [0.2, 0.25) is 10.0 Å². The molecule has 1 fully saturated rings. The first-order valence-corrected chi connectivity index (χ1v) is 8.34. The minimum Gasteiger partial charge on any atom is -0.480 e. The van der Waals surface area contributed by atoms with E-state index in [-0.39, 0.29) is 16.0 Å². The van der Waals surface area contributed by atoms with Gasteiger partial charge in [0.05, 0.1) is 11.6 Å². The van der Waals surface area contributed by atoms with Gasteiger partial charge in [-0.05, 0) is 6.42 Å². The Morgan fingerprint density at radius 3 is 2.95 bits per heavy atom. The Morgan fingerprint density at radius 2 is 2.42 bits per heavy atom. The average Bonchev–Trinajstić information content (AvgIpc) is 2.98. The number of nitrogens with one attached hydrogen (secondary N) is 1. The summed E-state index contributed by atoms with van der Waals surface area (Å²) in [6, 6.07) is -1.01. The van der Waals surface area contributed by atoms with E-state index >= 15 is 0 Å². The van der Waals surface area contributed by atoms with Gasteiger partial charge in [0, 0.05) is 11.9 Å². The van der Waals surface area contributed by atoms with Crippen LogP contribution in [0.1, 0.15) is 19.8 Å². The van der Waals surface area contributed by atoms with Crippen LogP contribution in [-0.2, 0) is 14.8 Å². The molecule has 19 heavy (non-hydrogen) atoms. The third-order valence-electron chi connectivity index (χ3n) is 2.91. The molecule has 9 heteroatoms. The molecule has 0 aliphatic carbocycles. The highest BCUT2D eigenvalue weighted by atomic mass is 32.2. The number of rotatable bonds is 5. The number of aliphatic carboxylic acids is 1. The molecule has 106 valence electrons. The van der Waals surface area contributed by atoms with Crippen LogP contribution in [0.3, 0.4) is 0 Å². The second-order valence-corrected chi connectivity index (χ2v) is 7.25. The summed E-state index contributed by atoms with van der Waals surface area (Å²) in [6.45, 7) is 1.94. The molecule has 2 N–H and O–H groups in total. The fourth-order valence-corrected chi connectivity index (χ4v) is 5.58. The highest BCUT2D eigenvalue weighted by Crippen LogP contribution is 2.36. The van der Waals surface area contributed by atoms with Crippen LogP contribution >= 0.6 is 11.8 Å². The zero-order chi connectivity index (χ0) is 14.0. The van der Waals surface area contributed by atoms with E-state index in [1.807, 2.05) is 6.92 Å². The monoisotopic (exact) mass is 305 g/mol. The molecule has 2 atom stereocenters. The number of carbonyl (C=O) groups is 1. The van der Waals surface area contributed by atoms with Crippen molar-refractivity contribution in [2.75, 3.05) is 5.75 Å². The van der Waals surface area contributed by atoms with Gasteiger partial charge in [-0.2, -0.15) is 9.40 Å². The topological polar surface area (TPSA) is 103 Å². The van der Waals surface area contributed by atoms with Gasteiger partial charge >= 0.3 is 5.97 Å². The number of aromatic amines is 1. The average molecular weight is 305 g/mol. The largest absolute Gasteiger partial charge is 0.480 e. The van der Waals surface area contributed by atoms with Gasteiger partial charge < -0.3 is 5.11 Å². The SMILES string of the molecule is CCCC1SCC(C(=O)O)N1S(=O)(=O)c1cn[nH]c1. The van der Waals surface area contributed by atoms with E-state index in [2.05, 4.69) is 10.2 Å². The molecule has 0 spiro atoms. The van der Waals surface area contributed by atoms with Gasteiger partial charge in [0.1, 0.15) is 10.9 Å². The molecule has 1 aromatic rings. The highest BCUT2D eigenvalue weighted by molar-refractivity contribution is 8.01. The molecule has 1 aliphatic rings. The summed E-state index contributed by atoms with van der Waals surface area (Å²) < 4.78 is 26.1. The van der Waals surface area contributed by atoms with Crippen LogP contribution in [0, 0.1) is 0 Å². The standard InChI is InChI=1S/C10H15N3O4S2/c1-2-3-9-13(8(6-18-9)10(14)15)19(16,17)7-4-11-12-5-7/h4-5,8-9H,2-3,6H2,1H3,(H,11,12)(H,14,15). The lowest BCUT2D eigenvalue weighted by Crippen LogP contribution is -2.45. The Bertz CT molecular complexity index is 543. The van der Waals surface area contributed by atoms with Crippen LogP contribution in [0.4, 0.5) is 0 Å². The minimum atomic E-state index is -3.82. The first-order chi connectivity index (χ1) is 8.98. The molecule has 1 aromatic heterocycles. The molecular weight excluding hydrogens is 290 g/mol. The number of carboxylic acids is 1. The number of sulfonamides is 1. The molecule has 0 radical (unpaired) electrons. The summed E-state index contributed by atoms with van der Waals surface area (Å²) in [5, 5.41) is 14.9. The third-order valence-corrected chi connectivity index (χ3v) is 6.28. The van der Waals surface area contributed by atoms with E-state index in [1.54, 1.807) is 0 Å². The quantitative estimate of drug-likeness (QED) is 0.831. The van der Waals surface area contributed by atoms with Crippen molar-refractivity contribution in [1.29, 1.82) is 0 Å². The fourth-order valence-electron chi connectivity index (χ4n) is 2.01. The van der Waals surface area contributed by atoms with Crippen LogP contribution in [0.15, 0.2) is 17.3 Å². The van der Waals surface area contributed by atoms with Crippen LogP contribution in [-0.4, -0.2) is 51.2 Å². The van der Waals surface area contributed by atoms with Crippen molar-refractivity contribution < 1.29 is 18.3 Å². The Morgan fingerprint density at radius 1 is 1.68 bits per heavy atom. The highest BCUT2D eigenvalue weighted by Gasteiger charge is 2.46. The lowest BCUT2D eigenvalue weighted by molar-refractivity contribution is -0.140. The van der Waals surface area contributed by atoms with Gasteiger partial charge in [-0.1, -0.05) is 13.3 Å². The molecule has 7 nitrogen and oxygen atoms in total. The van der Waals surface area contributed by atoms with Crippen molar-refractivity contribution >= 4 is 27.8 Å². The summed E-state index contributed by atoms with van der Waals surface area (Å²) in [7, 11) is -3.82. The number of hydrogen-bond donors (Lipinski definition) is 2. The van der Waals surface area contributed by atoms with Gasteiger partial charge in [0.15, 0.2) is 0 Å². The second kappa shape index (κ2) is 5.51. The predicted octanol–water partition coefficient (Wildman–Crippen LogP) is 0.727. The molecule has 0 saturated carbocycles. The van der Waals surface area contributed by atoms with Crippen molar-refractivity contribution in [3.05, 3.63) is 12.4 Å². The van der Waals surface area contributed by atoms with E-state index in [4.69, 9.17) is 0 Å². The zero-order valence-electron chi connectivity index (χ0n) is 10.3. The van der Waals surface area contributed by atoms with Crippen LogP contribution < -0.4 is 0 Å². The lowest BCUT2D eigenvalue weighted by Gasteiger charge is -2.25. The molecule has 0 bridgehead atoms. The molecule has 1 saturated heterocycles. The normalized spacial score (nSPS) is 24.7. The summed E-state index contributed by atoms with van der Waals surface area (Å²) in [4.78, 5) is 11.2. The minimum absolute atomic E-state index is 0.00218. The summed E-state index contributed by atoms with van der Waals surface area (Å²) >= 11 is 1.37. The Labute approximate surface area is 115 Å². The van der Waals surface area contributed by atoms with Crippen molar-refractivity contribution in [3.8, 4) is 0 Å². The first-order valence-electron chi connectivity index (χ1n) is 5.85. The summed E-state index contributed by atoms with van der Waals surface area (Å²) in [5.74, 6) is -0.838. The number of thioether (sulfide) groups is 1. The van der Waals surface area contributed by atoms with E-state index in [0.717, 1.165) is 10.7 Å². The lowest BCUT2D eigenvalue weighted by atomic mass is 10.3.